The van der Waals surface area contributed by atoms with Crippen LogP contribution in [0, 0.1) is 17.3 Å². The molecule has 1 aromatic carbocycles. The van der Waals surface area contributed by atoms with E-state index < -0.39 is 0 Å². The van der Waals surface area contributed by atoms with Crippen molar-refractivity contribution in [2.75, 3.05) is 46.4 Å². The van der Waals surface area contributed by atoms with Gasteiger partial charge in [-0.05, 0) is 74.6 Å². The van der Waals surface area contributed by atoms with Crippen LogP contribution in [-0.2, 0) is 11.3 Å². The maximum Gasteiger partial charge on any atom is 0.0500 e. The van der Waals surface area contributed by atoms with Crippen LogP contribution in [0.1, 0.15) is 70.8 Å². The lowest BCUT2D eigenvalue weighted by molar-refractivity contribution is 0.0733. The minimum atomic E-state index is 0.502. The quantitative estimate of drug-likeness (QED) is 0.452. The molecular weight excluding hydrogens is 368 g/mol. The molecule has 0 N–H and O–H groups in total. The average molecular weight is 415 g/mol. The molecule has 1 saturated heterocycles. The summed E-state index contributed by atoms with van der Waals surface area (Å²) in [6, 6.07) is 11.0. The van der Waals surface area contributed by atoms with Gasteiger partial charge in [0.1, 0.15) is 0 Å². The molecular formula is C27H46N2O. The van der Waals surface area contributed by atoms with Crippen molar-refractivity contribution in [1.82, 2.24) is 9.80 Å². The van der Waals surface area contributed by atoms with Crippen molar-refractivity contribution in [3.8, 4) is 0 Å². The molecule has 0 radical (unpaired) electrons. The lowest BCUT2D eigenvalue weighted by Gasteiger charge is -2.42. The summed E-state index contributed by atoms with van der Waals surface area (Å²) in [4.78, 5) is 5.44. The molecule has 1 unspecified atom stereocenters. The van der Waals surface area contributed by atoms with E-state index in [-0.39, 0.29) is 0 Å². The van der Waals surface area contributed by atoms with Gasteiger partial charge < -0.3 is 9.64 Å². The van der Waals surface area contributed by atoms with Gasteiger partial charge in [-0.25, -0.2) is 0 Å². The molecule has 1 aliphatic carbocycles. The highest BCUT2D eigenvalue weighted by molar-refractivity contribution is 5.14. The highest BCUT2D eigenvalue weighted by Gasteiger charge is 2.31. The number of piperidine rings is 1. The largest absolute Gasteiger partial charge is 0.384 e. The van der Waals surface area contributed by atoms with E-state index in [1.165, 1.54) is 83.1 Å². The van der Waals surface area contributed by atoms with Crippen LogP contribution < -0.4 is 0 Å². The first-order valence-electron chi connectivity index (χ1n) is 12.5. The lowest BCUT2D eigenvalue weighted by Crippen LogP contribution is -2.42. The molecule has 1 aromatic rings. The minimum absolute atomic E-state index is 0.502. The first-order chi connectivity index (χ1) is 14.6. The third kappa shape index (κ3) is 7.98. The van der Waals surface area contributed by atoms with Crippen molar-refractivity contribution < 1.29 is 4.74 Å². The van der Waals surface area contributed by atoms with E-state index in [1.807, 2.05) is 7.11 Å². The van der Waals surface area contributed by atoms with E-state index >= 15 is 0 Å². The molecule has 30 heavy (non-hydrogen) atoms. The summed E-state index contributed by atoms with van der Waals surface area (Å²) >= 11 is 0. The van der Waals surface area contributed by atoms with E-state index in [4.69, 9.17) is 4.74 Å². The van der Waals surface area contributed by atoms with Gasteiger partial charge >= 0.3 is 0 Å². The fourth-order valence-corrected chi connectivity index (χ4v) is 5.54. The molecule has 0 spiro atoms. The molecule has 0 aromatic heterocycles. The molecule has 1 atom stereocenters. The van der Waals surface area contributed by atoms with Crippen LogP contribution in [0.4, 0.5) is 0 Å². The Morgan fingerprint density at radius 2 is 1.80 bits per heavy atom. The molecule has 3 heteroatoms. The number of likely N-dealkylation sites (tertiary alicyclic amines) is 1. The zero-order valence-corrected chi connectivity index (χ0v) is 20.0. The maximum atomic E-state index is 5.41. The van der Waals surface area contributed by atoms with E-state index in [0.29, 0.717) is 11.3 Å². The second-order valence-electron chi connectivity index (χ2n) is 10.6. The topological polar surface area (TPSA) is 15.7 Å². The van der Waals surface area contributed by atoms with Crippen molar-refractivity contribution >= 4 is 0 Å². The Labute approximate surface area is 186 Å². The first kappa shape index (κ1) is 23.8. The van der Waals surface area contributed by atoms with Crippen LogP contribution in [0.25, 0.3) is 0 Å². The number of nitrogens with zero attached hydrogens (tertiary/aromatic N) is 2. The second kappa shape index (κ2) is 12.2. The van der Waals surface area contributed by atoms with Gasteiger partial charge in [-0.2, -0.15) is 0 Å². The zero-order chi connectivity index (χ0) is 21.2. The third-order valence-corrected chi connectivity index (χ3v) is 7.61. The summed E-state index contributed by atoms with van der Waals surface area (Å²) in [5.74, 6) is 1.55. The zero-order valence-electron chi connectivity index (χ0n) is 20.0. The summed E-state index contributed by atoms with van der Waals surface area (Å²) in [6.07, 6.45) is 11.4. The van der Waals surface area contributed by atoms with Crippen molar-refractivity contribution in [2.45, 2.75) is 71.8 Å². The maximum absolute atomic E-state index is 5.41. The number of methoxy groups -OCH3 is 1. The predicted molar refractivity (Wildman–Crippen MR) is 128 cm³/mol. The monoisotopic (exact) mass is 414 g/mol. The Morgan fingerprint density at radius 3 is 2.47 bits per heavy atom. The van der Waals surface area contributed by atoms with Gasteiger partial charge in [0.25, 0.3) is 0 Å². The molecule has 170 valence electrons. The smallest absolute Gasteiger partial charge is 0.0500 e. The fraction of sp³-hybridized carbons (Fsp3) is 0.778. The van der Waals surface area contributed by atoms with Crippen molar-refractivity contribution in [1.29, 1.82) is 0 Å². The first-order valence-corrected chi connectivity index (χ1v) is 12.5. The highest BCUT2D eigenvalue weighted by Crippen LogP contribution is 2.36. The van der Waals surface area contributed by atoms with E-state index in [2.05, 4.69) is 54.0 Å². The van der Waals surface area contributed by atoms with Crippen molar-refractivity contribution in [3.05, 3.63) is 35.9 Å². The molecule has 3 rings (SSSR count). The molecule has 1 saturated carbocycles. The molecule has 0 bridgehead atoms. The van der Waals surface area contributed by atoms with Crippen LogP contribution in [-0.4, -0.2) is 56.2 Å². The summed E-state index contributed by atoms with van der Waals surface area (Å²) in [5, 5.41) is 0. The van der Waals surface area contributed by atoms with Gasteiger partial charge in [0.15, 0.2) is 0 Å². The normalized spacial score (nSPS) is 21.7. The van der Waals surface area contributed by atoms with Gasteiger partial charge in [-0.15, -0.1) is 0 Å². The predicted octanol–water partition coefficient (Wildman–Crippen LogP) is 5.84. The second-order valence-corrected chi connectivity index (χ2v) is 10.6. The van der Waals surface area contributed by atoms with Crippen molar-refractivity contribution in [3.63, 3.8) is 0 Å². The average Bonchev–Trinajstić information content (AvgIpc) is 2.76. The van der Waals surface area contributed by atoms with Crippen LogP contribution in [0.2, 0.25) is 0 Å². The third-order valence-electron chi connectivity index (χ3n) is 7.61. The van der Waals surface area contributed by atoms with E-state index in [9.17, 15) is 0 Å². The Morgan fingerprint density at radius 1 is 1.10 bits per heavy atom. The molecule has 2 aliphatic rings. The van der Waals surface area contributed by atoms with Crippen LogP contribution >= 0.6 is 0 Å². The Hall–Kier alpha value is -0.900. The van der Waals surface area contributed by atoms with Gasteiger partial charge in [0, 0.05) is 33.4 Å². The Kier molecular flexibility index (Phi) is 9.67. The molecule has 0 amide bonds. The standard InChI is InChI=1S/C27H46N2O/c1-24(23-30-3)20-29(22-26-12-8-5-9-13-26)19-16-27(2)14-17-28(18-15-27)21-25-10-6-4-7-11-25/h5,8-9,12-13,24-25H,4,6-7,10-11,14-23H2,1-3H3. The lowest BCUT2D eigenvalue weighted by atomic mass is 9.77. The number of hydrogen-bond acceptors (Lipinski definition) is 3. The summed E-state index contributed by atoms with van der Waals surface area (Å²) in [7, 11) is 1.82. The van der Waals surface area contributed by atoms with E-state index in [1.54, 1.807) is 0 Å². The van der Waals surface area contributed by atoms with Crippen LogP contribution in [0.5, 0.6) is 0 Å². The SMILES string of the molecule is COCC(C)CN(CCC1(C)CCN(CC2CCCCC2)CC1)Cc1ccccc1. The van der Waals surface area contributed by atoms with Crippen LogP contribution in [0.15, 0.2) is 30.3 Å². The highest BCUT2D eigenvalue weighted by atomic mass is 16.5. The van der Waals surface area contributed by atoms with Gasteiger partial charge in [0.05, 0.1) is 0 Å². The van der Waals surface area contributed by atoms with Crippen molar-refractivity contribution in [2.24, 2.45) is 17.3 Å². The number of rotatable bonds is 11. The Bertz CT molecular complexity index is 576. The minimum Gasteiger partial charge on any atom is -0.384 e. The summed E-state index contributed by atoms with van der Waals surface area (Å²) in [6.45, 7) is 13.1. The Balaban J connectivity index is 1.47. The summed E-state index contributed by atoms with van der Waals surface area (Å²) < 4.78 is 5.41. The number of ether oxygens (including phenoxy) is 1. The molecule has 3 nitrogen and oxygen atoms in total. The van der Waals surface area contributed by atoms with Gasteiger partial charge in [0.2, 0.25) is 0 Å². The van der Waals surface area contributed by atoms with Crippen LogP contribution in [0.3, 0.4) is 0 Å². The fourth-order valence-electron chi connectivity index (χ4n) is 5.54. The molecule has 1 aliphatic heterocycles. The summed E-state index contributed by atoms with van der Waals surface area (Å²) in [5.41, 5.74) is 1.93. The molecule has 2 fully saturated rings. The number of hydrogen-bond donors (Lipinski definition) is 0. The van der Waals surface area contributed by atoms with Gasteiger partial charge in [-0.3, -0.25) is 4.90 Å². The van der Waals surface area contributed by atoms with Gasteiger partial charge in [-0.1, -0.05) is 63.4 Å². The van der Waals surface area contributed by atoms with E-state index in [0.717, 1.165) is 25.6 Å². The number of benzene rings is 1. The molecule has 1 heterocycles.